The molecule has 33 nitrogen and oxygen atoms in total. The van der Waals surface area contributed by atoms with Crippen LogP contribution in [0.15, 0.2) is 168 Å². The normalized spacial score (nSPS) is 18.2. The van der Waals surface area contributed by atoms with E-state index >= 15 is 0 Å². The van der Waals surface area contributed by atoms with E-state index in [4.69, 9.17) is 47.0 Å². The molecular formula is C92H98N16O17S4. The van der Waals surface area contributed by atoms with Crippen molar-refractivity contribution in [2.24, 2.45) is 46.6 Å². The number of rotatable bonds is 16. The van der Waals surface area contributed by atoms with E-state index in [1.807, 2.05) is 51.0 Å². The molecule has 0 unspecified atom stereocenters. The van der Waals surface area contributed by atoms with Crippen LogP contribution in [0.3, 0.4) is 0 Å². The molecule has 0 saturated carbocycles. The number of carboxylic acids is 1. The van der Waals surface area contributed by atoms with Crippen LogP contribution in [0.1, 0.15) is 167 Å². The quantitative estimate of drug-likeness (QED) is 0.0402. The Labute approximate surface area is 757 Å². The van der Waals surface area contributed by atoms with E-state index in [1.54, 1.807) is 48.7 Å². The van der Waals surface area contributed by atoms with Gasteiger partial charge in [0.1, 0.15) is 22.3 Å². The SMILES string of the molecule is COc1ncc(NC(=O)C(=O)N2C[C@@H](C)CC[C@@H]2c2ccc3sccc3c2)cc1C(N)=O.COc1ncc(NC(=O)C(=O)N2C[C@H](C)CC[C@H]2c2ccc3sccc3c2)cc1C(N)=O.COc1ncc(NC(=O)C(=O)N2C[C@H](C)CC[C@H]2c2ccc3sccc3c2)cc1C(N)=O.COc1ncc(NC(=O)C(=O)O)cc1C(N)=O.C[C@@H]1CC[C@@H](c2ccc3sccc3c2)NC1. The number of piperidine rings is 4. The second-order valence-electron chi connectivity index (χ2n) is 31.7. The summed E-state index contributed by atoms with van der Waals surface area (Å²) in [6.07, 6.45) is 13.0. The van der Waals surface area contributed by atoms with Gasteiger partial charge in [-0.2, -0.15) is 0 Å². The lowest BCUT2D eigenvalue weighted by atomic mass is 9.89. The number of nitrogens with one attached hydrogen (secondary N) is 5. The summed E-state index contributed by atoms with van der Waals surface area (Å²) in [6, 6.07) is 39.1. The Morgan fingerprint density at radius 2 is 0.620 bits per heavy atom. The minimum absolute atomic E-state index is 0.00850. The van der Waals surface area contributed by atoms with Crippen LogP contribution in [0.2, 0.25) is 0 Å². The lowest BCUT2D eigenvalue weighted by molar-refractivity contribution is -0.147. The molecule has 12 heterocycles. The monoisotopic (exact) mass is 1830 g/mol. The molecule has 12 aromatic rings. The van der Waals surface area contributed by atoms with E-state index in [2.05, 4.69) is 153 Å². The molecule has 0 aliphatic carbocycles. The van der Waals surface area contributed by atoms with Crippen molar-refractivity contribution >= 4 is 179 Å². The van der Waals surface area contributed by atoms with Crippen molar-refractivity contribution in [2.75, 3.05) is 75.9 Å². The zero-order valence-electron chi connectivity index (χ0n) is 71.8. The van der Waals surface area contributed by atoms with Gasteiger partial charge >= 0.3 is 47.3 Å². The standard InChI is InChI=1S/3C23H24N4O4S.C14H17NS.C9H9N3O5/c3*1-13-3-5-18(14-4-6-19-15(9-14)7-8-32-19)27(12-13)23(30)21(29)26-16-10-17(20(24)28)22(31-2)25-11-16;1-10-2-4-13(15-9-10)11-3-5-14-12(8-11)6-7-16-14;1-17-8-5(6(10)13)2-4(3-11-8)12-7(14)9(15)16/h3*4,6-11,13,18H,3,5,12H2,1-2H3,(H2,24,28)(H,26,29);3,5-8,10,13,15H,2,4,9H2,1H3;2-3H,1H3,(H2,10,13)(H,12,14)(H,15,16)/t3*13-,18+;10-,13+;/m1101./s1. The van der Waals surface area contributed by atoms with Crippen LogP contribution < -0.4 is 68.5 Å². The van der Waals surface area contributed by atoms with Crippen molar-refractivity contribution in [1.29, 1.82) is 0 Å². The lowest BCUT2D eigenvalue weighted by Gasteiger charge is -2.38. The molecular weight excluding hydrogens is 1730 g/mol. The third kappa shape index (κ3) is 23.5. The van der Waals surface area contributed by atoms with Crippen molar-refractivity contribution in [3.05, 3.63) is 212 Å². The minimum Gasteiger partial charge on any atom is -0.480 e. The molecule has 4 saturated heterocycles. The number of hydrogen-bond acceptors (Lipinski definition) is 25. The number of carbonyl (C=O) groups excluding carboxylic acids is 11. The Hall–Kier alpha value is -13.9. The predicted molar refractivity (Wildman–Crippen MR) is 494 cm³/mol. The summed E-state index contributed by atoms with van der Waals surface area (Å²) in [6.45, 7) is 11.2. The third-order valence-electron chi connectivity index (χ3n) is 22.4. The highest BCUT2D eigenvalue weighted by atomic mass is 32.1. The molecule has 129 heavy (non-hydrogen) atoms. The van der Waals surface area contributed by atoms with E-state index in [-0.39, 0.29) is 104 Å². The molecule has 11 amide bonds. The predicted octanol–water partition coefficient (Wildman–Crippen LogP) is 13.2. The molecule has 4 aliphatic rings. The van der Waals surface area contributed by atoms with E-state index in [0.29, 0.717) is 25.7 Å². The summed E-state index contributed by atoms with van der Waals surface area (Å²) in [4.78, 5) is 166. The van der Waals surface area contributed by atoms with Gasteiger partial charge in [0.2, 0.25) is 23.5 Å². The van der Waals surface area contributed by atoms with Crippen LogP contribution in [0, 0.1) is 23.7 Å². The van der Waals surface area contributed by atoms with Crippen molar-refractivity contribution in [2.45, 2.75) is 103 Å². The van der Waals surface area contributed by atoms with Crippen molar-refractivity contribution < 1.29 is 81.6 Å². The molecule has 8 aromatic heterocycles. The van der Waals surface area contributed by atoms with Gasteiger partial charge in [0.05, 0.1) is 94.1 Å². The van der Waals surface area contributed by atoms with Gasteiger partial charge in [0, 0.05) is 44.5 Å². The summed E-state index contributed by atoms with van der Waals surface area (Å²) >= 11 is 6.83. The second-order valence-corrected chi connectivity index (χ2v) is 35.5. The summed E-state index contributed by atoms with van der Waals surface area (Å²) in [5, 5.41) is 34.7. The fourth-order valence-corrected chi connectivity index (χ4v) is 18.9. The number of hydrogen-bond donors (Lipinski definition) is 10. The largest absolute Gasteiger partial charge is 0.480 e. The Kier molecular flexibility index (Phi) is 31.5. The fourth-order valence-electron chi connectivity index (χ4n) is 15.8. The van der Waals surface area contributed by atoms with Gasteiger partial charge in [-0.05, 0) is 244 Å². The number of thiophene rings is 4. The lowest BCUT2D eigenvalue weighted by Crippen LogP contribution is -2.46. The maximum atomic E-state index is 13.2. The summed E-state index contributed by atoms with van der Waals surface area (Å²) in [5.41, 5.74) is 26.2. The molecule has 37 heteroatoms. The van der Waals surface area contributed by atoms with Crippen LogP contribution in [0.25, 0.3) is 40.3 Å². The van der Waals surface area contributed by atoms with E-state index < -0.39 is 70.9 Å². The third-order valence-corrected chi connectivity index (χ3v) is 26.0. The number of amides is 11. The van der Waals surface area contributed by atoms with Gasteiger partial charge < -0.3 is 88.3 Å². The zero-order valence-corrected chi connectivity index (χ0v) is 75.1. The number of carbonyl (C=O) groups is 12. The number of aromatic nitrogens is 4. The summed E-state index contributed by atoms with van der Waals surface area (Å²) in [7, 11) is 5.38. The highest BCUT2D eigenvalue weighted by Crippen LogP contribution is 2.41. The first-order chi connectivity index (χ1) is 61.9. The van der Waals surface area contributed by atoms with E-state index in [1.165, 1.54) is 114 Å². The molecule has 672 valence electrons. The van der Waals surface area contributed by atoms with Crippen molar-refractivity contribution in [3.63, 3.8) is 0 Å². The van der Waals surface area contributed by atoms with Crippen molar-refractivity contribution in [3.8, 4) is 23.5 Å². The number of benzene rings is 4. The van der Waals surface area contributed by atoms with Crippen molar-refractivity contribution in [1.82, 2.24) is 40.0 Å². The highest BCUT2D eigenvalue weighted by molar-refractivity contribution is 7.18. The maximum absolute atomic E-state index is 13.2. The first-order valence-electron chi connectivity index (χ1n) is 41.3. The number of anilines is 4. The van der Waals surface area contributed by atoms with Gasteiger partial charge in [-0.3, -0.25) is 52.7 Å². The molecule has 0 bridgehead atoms. The molecule has 16 rings (SSSR count). The number of pyridine rings is 4. The first-order valence-corrected chi connectivity index (χ1v) is 44.8. The number of likely N-dealkylation sites (tertiary alicyclic amines) is 3. The molecule has 4 fully saturated rings. The van der Waals surface area contributed by atoms with Gasteiger partial charge in [-0.15, -0.1) is 45.3 Å². The van der Waals surface area contributed by atoms with E-state index in [9.17, 15) is 57.5 Å². The summed E-state index contributed by atoms with van der Waals surface area (Å²) in [5.74, 6) is -8.32. The second kappa shape index (κ2) is 43.1. The molecule has 14 N–H and O–H groups in total. The maximum Gasteiger partial charge on any atom is 0.394 e. The number of methoxy groups -OCH3 is 4. The molecule has 4 aromatic carbocycles. The first kappa shape index (κ1) is 94.3. The Morgan fingerprint density at radius 3 is 0.876 bits per heavy atom. The van der Waals surface area contributed by atoms with Gasteiger partial charge in [-0.1, -0.05) is 52.0 Å². The van der Waals surface area contributed by atoms with Crippen LogP contribution in [0.4, 0.5) is 22.7 Å². The number of carboxylic acid groups (broad SMARTS) is 1. The number of aliphatic carboxylic acids is 1. The number of fused-ring (bicyclic) bond motifs is 4. The van der Waals surface area contributed by atoms with Crippen LogP contribution in [0.5, 0.6) is 23.5 Å². The summed E-state index contributed by atoms with van der Waals surface area (Å²) < 4.78 is 24.8. The molecule has 0 spiro atoms. The topological polar surface area (TPSA) is 487 Å². The van der Waals surface area contributed by atoms with Crippen LogP contribution in [-0.2, 0) is 38.4 Å². The van der Waals surface area contributed by atoms with Crippen LogP contribution >= 0.6 is 45.3 Å². The Bertz CT molecular complexity index is 5760. The van der Waals surface area contributed by atoms with E-state index in [0.717, 1.165) is 90.0 Å². The van der Waals surface area contributed by atoms with Gasteiger partial charge in [0.25, 0.3) is 23.6 Å². The fraction of sp³-hybridized carbons (Fsp3) is 0.304. The smallest absolute Gasteiger partial charge is 0.394 e. The number of ether oxygens (including phenoxy) is 4. The van der Waals surface area contributed by atoms with Gasteiger partial charge in [0.15, 0.2) is 0 Å². The van der Waals surface area contributed by atoms with Gasteiger partial charge in [-0.25, -0.2) is 24.7 Å². The molecule has 4 aliphatic heterocycles. The molecule has 8 atom stereocenters. The molecule has 0 radical (unpaired) electrons. The highest BCUT2D eigenvalue weighted by Gasteiger charge is 2.39. The average Bonchev–Trinajstić information content (AvgIpc) is 1.79. The number of nitrogens with zero attached hydrogens (tertiary/aromatic N) is 7. The van der Waals surface area contributed by atoms with Crippen LogP contribution in [-0.4, -0.2) is 165 Å². The Morgan fingerprint density at radius 1 is 0.357 bits per heavy atom. The average molecular weight is 1830 g/mol. The number of nitrogens with two attached hydrogens (primary N) is 4. The number of primary amides is 4. The minimum atomic E-state index is -1.65. The zero-order chi connectivity index (χ0) is 92.4. The Balaban J connectivity index is 0.000000150.